The minimum absolute atomic E-state index is 0.0499. The van der Waals surface area contributed by atoms with Crippen molar-refractivity contribution in [2.45, 2.75) is 4.90 Å². The molecule has 0 radical (unpaired) electrons. The summed E-state index contributed by atoms with van der Waals surface area (Å²) in [5, 5.41) is 0. The molecule has 0 atom stereocenters. The van der Waals surface area contributed by atoms with Crippen LogP contribution < -0.4 is 16.0 Å². The lowest BCUT2D eigenvalue weighted by Gasteiger charge is -2.09. The Labute approximate surface area is 103 Å². The standard InChI is InChI=1S/C9H10N6O2S/c10-14-9-7(2-1-3-13-9)18(16,17)15-8-6-11-4-5-12-8/h1-6H,10H2,(H,12,15)(H,13,14). The van der Waals surface area contributed by atoms with Gasteiger partial charge in [-0.3, -0.25) is 9.71 Å². The van der Waals surface area contributed by atoms with Gasteiger partial charge in [-0.15, -0.1) is 0 Å². The number of nitrogens with two attached hydrogens (primary N) is 1. The highest BCUT2D eigenvalue weighted by Gasteiger charge is 2.19. The fourth-order valence-electron chi connectivity index (χ4n) is 1.26. The monoisotopic (exact) mass is 266 g/mol. The number of nitrogens with one attached hydrogen (secondary N) is 2. The highest BCUT2D eigenvalue weighted by atomic mass is 32.2. The van der Waals surface area contributed by atoms with E-state index in [2.05, 4.69) is 25.1 Å². The highest BCUT2D eigenvalue weighted by Crippen LogP contribution is 2.19. The lowest BCUT2D eigenvalue weighted by molar-refractivity contribution is 0.601. The number of hydrazine groups is 1. The Kier molecular flexibility index (Phi) is 3.35. The first-order chi connectivity index (χ1) is 8.63. The first-order valence-corrected chi connectivity index (χ1v) is 6.32. The molecule has 94 valence electrons. The van der Waals surface area contributed by atoms with Gasteiger partial charge in [0.1, 0.15) is 4.90 Å². The maximum atomic E-state index is 12.1. The van der Waals surface area contributed by atoms with Crippen LogP contribution in [0.3, 0.4) is 0 Å². The third-order valence-corrected chi connectivity index (χ3v) is 3.39. The molecular formula is C9H10N6O2S. The van der Waals surface area contributed by atoms with Crippen molar-refractivity contribution in [2.75, 3.05) is 10.1 Å². The fraction of sp³-hybridized carbons (Fsp3) is 0. The molecule has 0 bridgehead atoms. The summed E-state index contributed by atoms with van der Waals surface area (Å²) < 4.78 is 26.4. The van der Waals surface area contributed by atoms with Crippen molar-refractivity contribution in [1.29, 1.82) is 0 Å². The largest absolute Gasteiger partial charge is 0.307 e. The fourth-order valence-corrected chi connectivity index (χ4v) is 2.37. The van der Waals surface area contributed by atoms with Crippen LogP contribution in [-0.2, 0) is 10.0 Å². The number of pyridine rings is 1. The van der Waals surface area contributed by atoms with Gasteiger partial charge in [-0.25, -0.2) is 24.2 Å². The molecule has 2 rings (SSSR count). The van der Waals surface area contributed by atoms with Gasteiger partial charge in [-0.2, -0.15) is 0 Å². The van der Waals surface area contributed by atoms with E-state index in [4.69, 9.17) is 5.84 Å². The molecule has 0 saturated heterocycles. The zero-order chi connectivity index (χ0) is 13.0. The first kappa shape index (κ1) is 12.2. The Morgan fingerprint density at radius 3 is 2.67 bits per heavy atom. The Bertz CT molecular complexity index is 631. The van der Waals surface area contributed by atoms with Gasteiger partial charge in [0.15, 0.2) is 11.6 Å². The maximum Gasteiger partial charge on any atom is 0.266 e. The zero-order valence-electron chi connectivity index (χ0n) is 9.11. The Morgan fingerprint density at radius 1 is 1.17 bits per heavy atom. The Balaban J connectivity index is 2.37. The molecule has 8 nitrogen and oxygen atoms in total. The molecule has 0 fully saturated rings. The van der Waals surface area contributed by atoms with Crippen LogP contribution in [0, 0.1) is 0 Å². The summed E-state index contributed by atoms with van der Waals surface area (Å²) in [4.78, 5) is 11.3. The topological polar surface area (TPSA) is 123 Å². The summed E-state index contributed by atoms with van der Waals surface area (Å²) in [5.74, 6) is 5.37. The number of hydrogen-bond donors (Lipinski definition) is 3. The van der Waals surface area contributed by atoms with Crippen molar-refractivity contribution < 1.29 is 8.42 Å². The van der Waals surface area contributed by atoms with Crippen LogP contribution in [0.1, 0.15) is 0 Å². The molecule has 18 heavy (non-hydrogen) atoms. The molecule has 2 aromatic rings. The normalized spacial score (nSPS) is 10.9. The molecule has 4 N–H and O–H groups in total. The summed E-state index contributed by atoms with van der Waals surface area (Å²) in [6.45, 7) is 0. The average molecular weight is 266 g/mol. The number of aromatic nitrogens is 3. The number of nitrogens with zero attached hydrogens (tertiary/aromatic N) is 3. The van der Waals surface area contributed by atoms with Crippen LogP contribution in [0.4, 0.5) is 11.6 Å². The summed E-state index contributed by atoms with van der Waals surface area (Å²) in [7, 11) is -3.81. The molecule has 0 spiro atoms. The van der Waals surface area contributed by atoms with Gasteiger partial charge >= 0.3 is 0 Å². The van der Waals surface area contributed by atoms with Gasteiger partial charge < -0.3 is 5.43 Å². The summed E-state index contributed by atoms with van der Waals surface area (Å²) in [6.07, 6.45) is 5.54. The first-order valence-electron chi connectivity index (χ1n) is 4.84. The second-order valence-corrected chi connectivity index (χ2v) is 4.84. The number of hydrogen-bond acceptors (Lipinski definition) is 7. The summed E-state index contributed by atoms with van der Waals surface area (Å²) in [6, 6.07) is 2.87. The minimum atomic E-state index is -3.81. The zero-order valence-corrected chi connectivity index (χ0v) is 9.92. The quantitative estimate of drug-likeness (QED) is 0.524. The SMILES string of the molecule is NNc1ncccc1S(=O)(=O)Nc1cnccn1. The molecule has 0 aliphatic rings. The van der Waals surface area contributed by atoms with E-state index in [0.29, 0.717) is 0 Å². The molecule has 0 aliphatic heterocycles. The van der Waals surface area contributed by atoms with E-state index in [1.54, 1.807) is 0 Å². The van der Waals surface area contributed by atoms with Crippen LogP contribution in [0.25, 0.3) is 0 Å². The number of rotatable bonds is 4. The van der Waals surface area contributed by atoms with Crippen molar-refractivity contribution in [1.82, 2.24) is 15.0 Å². The van der Waals surface area contributed by atoms with Crippen LogP contribution in [0.15, 0.2) is 41.8 Å². The predicted octanol–water partition coefficient (Wildman–Crippen LogP) is -0.0420. The minimum Gasteiger partial charge on any atom is -0.307 e. The maximum absolute atomic E-state index is 12.1. The van der Waals surface area contributed by atoms with Crippen LogP contribution >= 0.6 is 0 Å². The third kappa shape index (κ3) is 2.52. The summed E-state index contributed by atoms with van der Waals surface area (Å²) in [5.41, 5.74) is 2.22. The van der Waals surface area contributed by atoms with Gasteiger partial charge in [0.25, 0.3) is 10.0 Å². The molecule has 2 heterocycles. The molecule has 9 heteroatoms. The average Bonchev–Trinajstić information content (AvgIpc) is 2.39. The van der Waals surface area contributed by atoms with Crippen molar-refractivity contribution in [2.24, 2.45) is 5.84 Å². The molecule has 0 unspecified atom stereocenters. The van der Waals surface area contributed by atoms with Crippen molar-refractivity contribution in [3.8, 4) is 0 Å². The van der Waals surface area contributed by atoms with E-state index in [1.807, 2.05) is 0 Å². The van der Waals surface area contributed by atoms with Gasteiger partial charge in [0.05, 0.1) is 6.20 Å². The highest BCUT2D eigenvalue weighted by molar-refractivity contribution is 7.92. The second kappa shape index (κ2) is 4.94. The summed E-state index contributed by atoms with van der Waals surface area (Å²) >= 11 is 0. The Hall–Kier alpha value is -2.26. The molecule has 0 amide bonds. The lowest BCUT2D eigenvalue weighted by Crippen LogP contribution is -2.19. The van der Waals surface area contributed by atoms with Crippen molar-refractivity contribution in [3.05, 3.63) is 36.9 Å². The lowest BCUT2D eigenvalue weighted by atomic mass is 10.5. The van der Waals surface area contributed by atoms with Crippen LogP contribution in [0.5, 0.6) is 0 Å². The van der Waals surface area contributed by atoms with E-state index < -0.39 is 10.0 Å². The van der Waals surface area contributed by atoms with Gasteiger partial charge in [0, 0.05) is 18.6 Å². The molecular weight excluding hydrogens is 256 g/mol. The smallest absolute Gasteiger partial charge is 0.266 e. The molecule has 0 saturated carbocycles. The van der Waals surface area contributed by atoms with Gasteiger partial charge in [-0.1, -0.05) is 0 Å². The van der Waals surface area contributed by atoms with E-state index in [9.17, 15) is 8.42 Å². The number of anilines is 2. The number of nitrogen functional groups attached to an aromatic ring is 1. The second-order valence-electron chi connectivity index (χ2n) is 3.19. The predicted molar refractivity (Wildman–Crippen MR) is 64.9 cm³/mol. The van der Waals surface area contributed by atoms with Gasteiger partial charge in [0.2, 0.25) is 0 Å². The van der Waals surface area contributed by atoms with Crippen LogP contribution in [0.2, 0.25) is 0 Å². The van der Waals surface area contributed by atoms with E-state index in [1.165, 1.54) is 36.9 Å². The molecule has 0 aliphatic carbocycles. The third-order valence-electron chi connectivity index (χ3n) is 2.00. The van der Waals surface area contributed by atoms with E-state index in [0.717, 1.165) is 0 Å². The molecule has 2 aromatic heterocycles. The van der Waals surface area contributed by atoms with Gasteiger partial charge in [-0.05, 0) is 12.1 Å². The van der Waals surface area contributed by atoms with Crippen LogP contribution in [-0.4, -0.2) is 23.4 Å². The number of sulfonamides is 1. The molecule has 0 aromatic carbocycles. The van der Waals surface area contributed by atoms with E-state index in [-0.39, 0.29) is 16.5 Å². The van der Waals surface area contributed by atoms with Crippen molar-refractivity contribution >= 4 is 21.7 Å². The van der Waals surface area contributed by atoms with E-state index >= 15 is 0 Å². The Morgan fingerprint density at radius 2 is 2.00 bits per heavy atom. The van der Waals surface area contributed by atoms with Crippen molar-refractivity contribution in [3.63, 3.8) is 0 Å².